The molecule has 0 saturated carbocycles. The molecular weight excluding hydrogens is 450 g/mol. The Hall–Kier alpha value is -3.35. The second kappa shape index (κ2) is 12.2. The fourth-order valence-corrected chi connectivity index (χ4v) is 3.62. The quantitative estimate of drug-likeness (QED) is 0.246. The van der Waals surface area contributed by atoms with Crippen molar-refractivity contribution in [3.63, 3.8) is 0 Å². The molecule has 0 aromatic heterocycles. The van der Waals surface area contributed by atoms with E-state index in [1.807, 2.05) is 0 Å². The highest BCUT2D eigenvalue weighted by atomic mass is 16.5. The topological polar surface area (TPSA) is 161 Å². The lowest BCUT2D eigenvalue weighted by atomic mass is 10.0. The third kappa shape index (κ3) is 6.37. The number of piperidine rings is 1. The Bertz CT molecular complexity index is 950. The van der Waals surface area contributed by atoms with Crippen LogP contribution in [0.2, 0.25) is 0 Å². The number of benzene rings is 1. The minimum absolute atomic E-state index is 0.0462. The minimum Gasteiger partial charge on any atom is -0.481 e. The number of carboxylic acids is 1. The van der Waals surface area contributed by atoms with Crippen LogP contribution in [0.25, 0.3) is 0 Å². The van der Waals surface area contributed by atoms with E-state index in [4.69, 9.17) is 19.3 Å². The van der Waals surface area contributed by atoms with E-state index < -0.39 is 35.6 Å². The number of ether oxygens (including phenoxy) is 3. The smallest absolute Gasteiger partial charge is 0.305 e. The van der Waals surface area contributed by atoms with E-state index in [2.05, 4.69) is 10.6 Å². The minimum atomic E-state index is -1.01. The Balaban J connectivity index is 1.40. The molecule has 0 unspecified atom stereocenters. The van der Waals surface area contributed by atoms with Gasteiger partial charge in [0.2, 0.25) is 11.8 Å². The van der Waals surface area contributed by atoms with Gasteiger partial charge in [-0.25, -0.2) is 0 Å². The fraction of sp³-hybridized carbons (Fsp3) is 0.500. The maximum atomic E-state index is 13.0. The molecule has 1 atom stereocenters. The van der Waals surface area contributed by atoms with E-state index in [1.165, 1.54) is 6.07 Å². The van der Waals surface area contributed by atoms with Crippen molar-refractivity contribution >= 4 is 35.3 Å². The van der Waals surface area contributed by atoms with E-state index in [-0.39, 0.29) is 37.0 Å². The third-order valence-electron chi connectivity index (χ3n) is 5.23. The van der Waals surface area contributed by atoms with Crippen LogP contribution in [0.3, 0.4) is 0 Å². The van der Waals surface area contributed by atoms with Crippen molar-refractivity contribution in [2.24, 2.45) is 0 Å². The molecule has 4 amide bonds. The molecule has 0 spiro atoms. The number of nitrogens with one attached hydrogen (secondary N) is 2. The van der Waals surface area contributed by atoms with Crippen LogP contribution >= 0.6 is 0 Å². The molecule has 2 heterocycles. The number of aliphatic carboxylic acids is 1. The number of carbonyl (C=O) groups excluding carboxylic acids is 4. The van der Waals surface area contributed by atoms with Crippen molar-refractivity contribution in [3.8, 4) is 0 Å². The predicted octanol–water partition coefficient (Wildman–Crippen LogP) is 0.0242. The molecule has 12 heteroatoms. The maximum absolute atomic E-state index is 13.0. The van der Waals surface area contributed by atoms with Crippen LogP contribution in [0.15, 0.2) is 18.2 Å². The van der Waals surface area contributed by atoms with Gasteiger partial charge in [-0.05, 0) is 18.6 Å². The number of rotatable bonds is 14. The number of anilines is 1. The van der Waals surface area contributed by atoms with Gasteiger partial charge in [0.05, 0.1) is 57.2 Å². The fourth-order valence-electron chi connectivity index (χ4n) is 3.62. The zero-order valence-electron chi connectivity index (χ0n) is 18.5. The van der Waals surface area contributed by atoms with Gasteiger partial charge in [0.25, 0.3) is 11.8 Å². The van der Waals surface area contributed by atoms with Gasteiger partial charge in [-0.3, -0.25) is 34.2 Å². The van der Waals surface area contributed by atoms with Crippen molar-refractivity contribution in [3.05, 3.63) is 29.3 Å². The number of amides is 4. The Morgan fingerprint density at radius 2 is 1.68 bits per heavy atom. The largest absolute Gasteiger partial charge is 0.481 e. The molecule has 34 heavy (non-hydrogen) atoms. The summed E-state index contributed by atoms with van der Waals surface area (Å²) in [4.78, 5) is 60.7. The lowest BCUT2D eigenvalue weighted by molar-refractivity contribution is -0.138. The van der Waals surface area contributed by atoms with Gasteiger partial charge in [-0.15, -0.1) is 0 Å². The van der Waals surface area contributed by atoms with Crippen LogP contribution in [0.5, 0.6) is 0 Å². The van der Waals surface area contributed by atoms with Crippen LogP contribution in [-0.4, -0.2) is 91.8 Å². The van der Waals surface area contributed by atoms with Gasteiger partial charge >= 0.3 is 5.97 Å². The summed E-state index contributed by atoms with van der Waals surface area (Å²) in [6.07, 6.45) is 0.117. The first-order chi connectivity index (χ1) is 16.4. The summed E-state index contributed by atoms with van der Waals surface area (Å²) < 4.78 is 15.9. The summed E-state index contributed by atoms with van der Waals surface area (Å²) in [6, 6.07) is 3.84. The van der Waals surface area contributed by atoms with E-state index in [9.17, 15) is 24.0 Å². The van der Waals surface area contributed by atoms with Gasteiger partial charge < -0.3 is 24.6 Å². The molecule has 2 aliphatic heterocycles. The van der Waals surface area contributed by atoms with Crippen LogP contribution in [0.4, 0.5) is 5.69 Å². The highest BCUT2D eigenvalue weighted by Gasteiger charge is 2.45. The Morgan fingerprint density at radius 1 is 1.00 bits per heavy atom. The summed E-state index contributed by atoms with van der Waals surface area (Å²) in [5.74, 6) is -3.11. The molecule has 1 saturated heterocycles. The lowest BCUT2D eigenvalue weighted by Crippen LogP contribution is -2.54. The molecule has 0 bridgehead atoms. The summed E-state index contributed by atoms with van der Waals surface area (Å²) in [5, 5.41) is 13.7. The third-order valence-corrected chi connectivity index (χ3v) is 5.23. The highest BCUT2D eigenvalue weighted by molar-refractivity contribution is 6.25. The van der Waals surface area contributed by atoms with Gasteiger partial charge in [0.1, 0.15) is 6.04 Å². The van der Waals surface area contributed by atoms with Crippen LogP contribution in [0, 0.1) is 0 Å². The first kappa shape index (κ1) is 25.3. The van der Waals surface area contributed by atoms with Crippen molar-refractivity contribution in [2.45, 2.75) is 25.3 Å². The van der Waals surface area contributed by atoms with Crippen molar-refractivity contribution < 1.29 is 43.3 Å². The first-order valence-electron chi connectivity index (χ1n) is 10.9. The van der Waals surface area contributed by atoms with Gasteiger partial charge in [0, 0.05) is 18.7 Å². The number of carbonyl (C=O) groups is 5. The molecule has 184 valence electrons. The van der Waals surface area contributed by atoms with E-state index >= 15 is 0 Å². The van der Waals surface area contributed by atoms with Crippen molar-refractivity contribution in [1.29, 1.82) is 0 Å². The summed E-state index contributed by atoms with van der Waals surface area (Å²) in [7, 11) is 0. The molecule has 12 nitrogen and oxygen atoms in total. The van der Waals surface area contributed by atoms with Gasteiger partial charge in [0.15, 0.2) is 0 Å². The standard InChI is InChI=1S/C22H27N3O9/c26-17-5-4-16(20(29)24-17)25-21(30)14-2-1-3-15(19(14)22(25)31)23-7-9-33-11-13-34-12-10-32-8-6-18(27)28/h1-3,16,23H,4-13H2,(H,27,28)(H,24,26,29)/t16-/m0/s1. The average molecular weight is 477 g/mol. The maximum Gasteiger partial charge on any atom is 0.305 e. The second-order valence-corrected chi connectivity index (χ2v) is 7.58. The predicted molar refractivity (Wildman–Crippen MR) is 116 cm³/mol. The Labute approximate surface area is 195 Å². The molecule has 2 aliphatic rings. The number of fused-ring (bicyclic) bond motifs is 1. The molecule has 3 N–H and O–H groups in total. The van der Waals surface area contributed by atoms with Gasteiger partial charge in [-0.1, -0.05) is 6.07 Å². The molecule has 0 radical (unpaired) electrons. The van der Waals surface area contributed by atoms with E-state index in [0.29, 0.717) is 45.3 Å². The average Bonchev–Trinajstić information content (AvgIpc) is 3.05. The van der Waals surface area contributed by atoms with Crippen molar-refractivity contribution in [2.75, 3.05) is 51.5 Å². The number of nitrogens with zero attached hydrogens (tertiary/aromatic N) is 1. The number of carboxylic acid groups (broad SMARTS) is 1. The van der Waals surface area contributed by atoms with E-state index in [0.717, 1.165) is 4.90 Å². The van der Waals surface area contributed by atoms with Crippen LogP contribution in [0.1, 0.15) is 40.0 Å². The van der Waals surface area contributed by atoms with Gasteiger partial charge in [-0.2, -0.15) is 0 Å². The van der Waals surface area contributed by atoms with Crippen molar-refractivity contribution in [1.82, 2.24) is 10.2 Å². The Kier molecular flexibility index (Phi) is 9.08. The molecule has 1 aromatic carbocycles. The monoisotopic (exact) mass is 477 g/mol. The summed E-state index contributed by atoms with van der Waals surface area (Å²) >= 11 is 0. The first-order valence-corrected chi connectivity index (χ1v) is 10.9. The highest BCUT2D eigenvalue weighted by Crippen LogP contribution is 2.32. The summed E-state index contributed by atoms with van der Waals surface area (Å²) in [5.41, 5.74) is 0.868. The molecule has 0 aliphatic carbocycles. The molecule has 1 aromatic rings. The van der Waals surface area contributed by atoms with Crippen LogP contribution in [-0.2, 0) is 28.6 Å². The number of hydrogen-bond donors (Lipinski definition) is 3. The molecular formula is C22H27N3O9. The normalized spacial score (nSPS) is 17.6. The zero-order valence-corrected chi connectivity index (χ0v) is 18.5. The lowest BCUT2D eigenvalue weighted by Gasteiger charge is -2.27. The second-order valence-electron chi connectivity index (χ2n) is 7.58. The number of imide groups is 2. The molecule has 1 fully saturated rings. The van der Waals surface area contributed by atoms with Crippen LogP contribution < -0.4 is 10.6 Å². The number of hydrogen-bond acceptors (Lipinski definition) is 9. The summed E-state index contributed by atoms with van der Waals surface area (Å²) in [6.45, 7) is 2.15. The zero-order chi connectivity index (χ0) is 24.5. The SMILES string of the molecule is O=C(O)CCOCCOCCOCCNc1cccc2c1C(=O)N([C@H]1CCC(=O)NC1=O)C2=O. The van der Waals surface area contributed by atoms with E-state index in [1.54, 1.807) is 12.1 Å². The molecule has 3 rings (SSSR count). The Morgan fingerprint density at radius 3 is 2.35 bits per heavy atom.